The van der Waals surface area contributed by atoms with Gasteiger partial charge in [-0.3, -0.25) is 4.68 Å². The number of nitrogens with one attached hydrogen (secondary N) is 1. The van der Waals surface area contributed by atoms with Gasteiger partial charge in [0.1, 0.15) is 10.8 Å². The fraction of sp³-hybridized carbons (Fsp3) is 0.150. The molecule has 2 aromatic heterocycles. The second-order valence-electron chi connectivity index (χ2n) is 6.18. The monoisotopic (exact) mass is 379 g/mol. The molecule has 2 aromatic carbocycles. The molecule has 27 heavy (non-hydrogen) atoms. The predicted molar refractivity (Wildman–Crippen MR) is 104 cm³/mol. The van der Waals surface area contributed by atoms with Crippen molar-refractivity contribution in [3.05, 3.63) is 94.5 Å². The first-order chi connectivity index (χ1) is 13.2. The fourth-order valence-electron chi connectivity index (χ4n) is 2.77. The van der Waals surface area contributed by atoms with E-state index in [-0.39, 0.29) is 5.82 Å². The van der Waals surface area contributed by atoms with Crippen LogP contribution >= 0.6 is 11.3 Å². The molecule has 7 heteroatoms. The molecule has 0 bridgehead atoms. The van der Waals surface area contributed by atoms with E-state index in [0.29, 0.717) is 13.0 Å². The number of halogens is 1. The van der Waals surface area contributed by atoms with Crippen molar-refractivity contribution in [2.24, 2.45) is 0 Å². The van der Waals surface area contributed by atoms with Gasteiger partial charge in [0.2, 0.25) is 5.13 Å². The molecule has 4 rings (SSSR count). The number of hydrogen-bond acceptors (Lipinski definition) is 5. The van der Waals surface area contributed by atoms with Crippen LogP contribution in [0.2, 0.25) is 0 Å². The largest absolute Gasteiger partial charge is 0.356 e. The van der Waals surface area contributed by atoms with Crippen molar-refractivity contribution in [1.29, 1.82) is 0 Å². The standard InChI is InChI=1S/C20H18FN5S/c21-18-7-5-15(6-8-18)12-19-24-25-20(27-19)22-13-16-3-1-4-17(11-16)14-26-10-2-9-23-26/h1-11H,12-14H2,(H,22,25). The Morgan fingerprint density at radius 2 is 1.81 bits per heavy atom. The average molecular weight is 379 g/mol. The molecular weight excluding hydrogens is 361 g/mol. The first-order valence-corrected chi connectivity index (χ1v) is 9.42. The molecule has 0 radical (unpaired) electrons. The van der Waals surface area contributed by atoms with Gasteiger partial charge in [-0.2, -0.15) is 5.10 Å². The van der Waals surface area contributed by atoms with Gasteiger partial charge in [-0.1, -0.05) is 47.7 Å². The quantitative estimate of drug-likeness (QED) is 0.525. The molecule has 0 unspecified atom stereocenters. The van der Waals surface area contributed by atoms with E-state index in [4.69, 9.17) is 0 Å². The van der Waals surface area contributed by atoms with Crippen LogP contribution in [0.3, 0.4) is 0 Å². The molecular formula is C20H18FN5S. The van der Waals surface area contributed by atoms with Gasteiger partial charge in [-0.05, 0) is 34.9 Å². The van der Waals surface area contributed by atoms with E-state index in [1.54, 1.807) is 18.3 Å². The Balaban J connectivity index is 1.35. The molecule has 0 saturated carbocycles. The van der Waals surface area contributed by atoms with Crippen LogP contribution in [-0.2, 0) is 19.5 Å². The van der Waals surface area contributed by atoms with E-state index in [2.05, 4.69) is 44.9 Å². The molecule has 0 atom stereocenters. The number of aromatic nitrogens is 4. The molecule has 0 aliphatic heterocycles. The molecule has 0 saturated heterocycles. The second kappa shape index (κ2) is 8.09. The minimum absolute atomic E-state index is 0.229. The molecule has 2 heterocycles. The Morgan fingerprint density at radius 1 is 0.963 bits per heavy atom. The number of hydrogen-bond donors (Lipinski definition) is 1. The van der Waals surface area contributed by atoms with E-state index in [9.17, 15) is 4.39 Å². The van der Waals surface area contributed by atoms with Crippen LogP contribution in [0.5, 0.6) is 0 Å². The third-order valence-electron chi connectivity index (χ3n) is 4.07. The highest BCUT2D eigenvalue weighted by atomic mass is 32.1. The highest BCUT2D eigenvalue weighted by molar-refractivity contribution is 7.15. The van der Waals surface area contributed by atoms with Gasteiger partial charge >= 0.3 is 0 Å². The lowest BCUT2D eigenvalue weighted by Crippen LogP contribution is -2.03. The predicted octanol–water partition coefficient (Wildman–Crippen LogP) is 4.12. The van der Waals surface area contributed by atoms with Crippen LogP contribution in [0.1, 0.15) is 21.7 Å². The Morgan fingerprint density at radius 3 is 2.63 bits per heavy atom. The first-order valence-electron chi connectivity index (χ1n) is 8.60. The summed E-state index contributed by atoms with van der Waals surface area (Å²) in [6, 6.07) is 16.8. The maximum absolute atomic E-state index is 13.0. The fourth-order valence-corrected chi connectivity index (χ4v) is 3.54. The highest BCUT2D eigenvalue weighted by Gasteiger charge is 2.06. The molecule has 0 amide bonds. The maximum atomic E-state index is 13.0. The van der Waals surface area contributed by atoms with Gasteiger partial charge in [0, 0.05) is 25.4 Å². The summed E-state index contributed by atoms with van der Waals surface area (Å²) in [6.07, 6.45) is 4.39. The summed E-state index contributed by atoms with van der Waals surface area (Å²) in [5, 5.41) is 17.7. The summed E-state index contributed by atoms with van der Waals surface area (Å²) in [4.78, 5) is 0. The first kappa shape index (κ1) is 17.4. The zero-order valence-electron chi connectivity index (χ0n) is 14.5. The lowest BCUT2D eigenvalue weighted by atomic mass is 10.1. The highest BCUT2D eigenvalue weighted by Crippen LogP contribution is 2.19. The van der Waals surface area contributed by atoms with Gasteiger partial charge in [-0.15, -0.1) is 10.2 Å². The minimum atomic E-state index is -0.229. The summed E-state index contributed by atoms with van der Waals surface area (Å²) < 4.78 is 14.9. The van der Waals surface area contributed by atoms with Gasteiger partial charge in [-0.25, -0.2) is 4.39 Å². The molecule has 1 N–H and O–H groups in total. The third kappa shape index (κ3) is 4.77. The van der Waals surface area contributed by atoms with Crippen LogP contribution < -0.4 is 5.32 Å². The lowest BCUT2D eigenvalue weighted by molar-refractivity contribution is 0.627. The summed E-state index contributed by atoms with van der Waals surface area (Å²) >= 11 is 1.52. The van der Waals surface area contributed by atoms with Crippen molar-refractivity contribution < 1.29 is 4.39 Å². The van der Waals surface area contributed by atoms with Crippen LogP contribution in [0, 0.1) is 5.82 Å². The Bertz CT molecular complexity index is 995. The SMILES string of the molecule is Fc1ccc(Cc2nnc(NCc3cccc(Cn4cccn4)c3)s2)cc1. The third-order valence-corrected chi connectivity index (χ3v) is 4.96. The Hall–Kier alpha value is -3.06. The van der Waals surface area contributed by atoms with Crippen LogP contribution in [0.15, 0.2) is 67.0 Å². The van der Waals surface area contributed by atoms with Crippen molar-refractivity contribution in [3.8, 4) is 0 Å². The van der Waals surface area contributed by atoms with E-state index >= 15 is 0 Å². The average Bonchev–Trinajstić information content (AvgIpc) is 3.34. The number of benzene rings is 2. The summed E-state index contributed by atoms with van der Waals surface area (Å²) in [5.41, 5.74) is 3.40. The van der Waals surface area contributed by atoms with Crippen LogP contribution in [0.4, 0.5) is 9.52 Å². The van der Waals surface area contributed by atoms with Crippen LogP contribution in [-0.4, -0.2) is 20.0 Å². The number of nitrogens with zero attached hydrogens (tertiary/aromatic N) is 4. The topological polar surface area (TPSA) is 55.6 Å². The van der Waals surface area contributed by atoms with E-state index in [1.807, 2.05) is 16.9 Å². The molecule has 0 spiro atoms. The second-order valence-corrected chi connectivity index (χ2v) is 7.24. The zero-order chi connectivity index (χ0) is 18.5. The Kier molecular flexibility index (Phi) is 5.20. The number of rotatable bonds is 7. The van der Waals surface area contributed by atoms with E-state index in [0.717, 1.165) is 22.2 Å². The van der Waals surface area contributed by atoms with Gasteiger partial charge in [0.25, 0.3) is 0 Å². The van der Waals surface area contributed by atoms with Crippen molar-refractivity contribution in [3.63, 3.8) is 0 Å². The van der Waals surface area contributed by atoms with E-state index in [1.165, 1.54) is 34.6 Å². The summed E-state index contributed by atoms with van der Waals surface area (Å²) in [6.45, 7) is 1.43. The molecule has 136 valence electrons. The van der Waals surface area contributed by atoms with Crippen molar-refractivity contribution in [1.82, 2.24) is 20.0 Å². The molecule has 5 nitrogen and oxygen atoms in total. The molecule has 4 aromatic rings. The van der Waals surface area contributed by atoms with Crippen molar-refractivity contribution in [2.45, 2.75) is 19.5 Å². The zero-order valence-corrected chi connectivity index (χ0v) is 15.4. The van der Waals surface area contributed by atoms with Gasteiger partial charge in [0.15, 0.2) is 0 Å². The number of anilines is 1. The maximum Gasteiger partial charge on any atom is 0.205 e. The van der Waals surface area contributed by atoms with E-state index < -0.39 is 0 Å². The normalized spacial score (nSPS) is 10.9. The minimum Gasteiger partial charge on any atom is -0.356 e. The molecule has 0 aliphatic carbocycles. The Labute approximate surface area is 160 Å². The molecule has 0 aliphatic rings. The summed E-state index contributed by atoms with van der Waals surface area (Å²) in [5.74, 6) is -0.229. The van der Waals surface area contributed by atoms with Crippen LogP contribution in [0.25, 0.3) is 0 Å². The lowest BCUT2D eigenvalue weighted by Gasteiger charge is -2.06. The molecule has 0 fully saturated rings. The summed E-state index contributed by atoms with van der Waals surface area (Å²) in [7, 11) is 0. The van der Waals surface area contributed by atoms with Crippen molar-refractivity contribution >= 4 is 16.5 Å². The smallest absolute Gasteiger partial charge is 0.205 e. The van der Waals surface area contributed by atoms with Crippen molar-refractivity contribution in [2.75, 3.05) is 5.32 Å². The van der Waals surface area contributed by atoms with Gasteiger partial charge < -0.3 is 5.32 Å². The van der Waals surface area contributed by atoms with Gasteiger partial charge in [0.05, 0.1) is 6.54 Å².